The number of thiazole rings is 1. The van der Waals surface area contributed by atoms with Gasteiger partial charge in [-0.3, -0.25) is 0 Å². The van der Waals surface area contributed by atoms with Crippen LogP contribution in [-0.2, 0) is 11.3 Å². The molecule has 1 aromatic heterocycles. The summed E-state index contributed by atoms with van der Waals surface area (Å²) in [6, 6.07) is -1.00. The van der Waals surface area contributed by atoms with Gasteiger partial charge in [0.25, 0.3) is 0 Å². The van der Waals surface area contributed by atoms with Crippen molar-refractivity contribution in [2.24, 2.45) is 0 Å². The Morgan fingerprint density at radius 2 is 2.37 bits per heavy atom. The van der Waals surface area contributed by atoms with Gasteiger partial charge in [0.15, 0.2) is 0 Å². The minimum absolute atomic E-state index is 0.306. The highest BCUT2D eigenvalue weighted by Gasteiger charge is 2.31. The van der Waals surface area contributed by atoms with Gasteiger partial charge in [-0.25, -0.2) is 14.6 Å². The number of likely N-dealkylation sites (tertiary alicyclic amines) is 1. The number of rotatable bonds is 3. The van der Waals surface area contributed by atoms with E-state index >= 15 is 0 Å². The van der Waals surface area contributed by atoms with Gasteiger partial charge in [0.2, 0.25) is 0 Å². The van der Waals surface area contributed by atoms with Gasteiger partial charge in [-0.05, 0) is 26.2 Å². The number of carbonyl (C=O) groups is 2. The van der Waals surface area contributed by atoms with Crippen LogP contribution in [0.5, 0.6) is 0 Å². The van der Waals surface area contributed by atoms with E-state index in [1.807, 2.05) is 6.92 Å². The third-order valence-corrected chi connectivity index (χ3v) is 4.23. The van der Waals surface area contributed by atoms with E-state index in [1.165, 1.54) is 16.2 Å². The second kappa shape index (κ2) is 6.01. The summed E-state index contributed by atoms with van der Waals surface area (Å²) in [5.74, 6) is -0.927. The first-order valence-corrected chi connectivity index (χ1v) is 7.14. The molecule has 2 amide bonds. The summed E-state index contributed by atoms with van der Waals surface area (Å²) in [6.45, 7) is 2.79. The molecule has 1 aliphatic rings. The van der Waals surface area contributed by atoms with E-state index in [4.69, 9.17) is 5.11 Å². The fourth-order valence-corrected chi connectivity index (χ4v) is 2.90. The van der Waals surface area contributed by atoms with Crippen LogP contribution in [0.25, 0.3) is 0 Å². The van der Waals surface area contributed by atoms with Crippen molar-refractivity contribution in [1.82, 2.24) is 15.2 Å². The molecule has 2 heterocycles. The number of carboxylic acids is 1. The molecule has 6 nitrogen and oxygen atoms in total. The van der Waals surface area contributed by atoms with Gasteiger partial charge < -0.3 is 15.3 Å². The SMILES string of the molecule is Cc1ncsc1CNC(=O)N1CCCCC1C(=O)O. The number of aryl methyl sites for hydroxylation is 1. The number of nitrogens with zero attached hydrogens (tertiary/aromatic N) is 2. The maximum atomic E-state index is 12.1. The van der Waals surface area contributed by atoms with E-state index in [1.54, 1.807) is 5.51 Å². The number of hydrogen-bond donors (Lipinski definition) is 2. The molecular formula is C12H17N3O3S. The van der Waals surface area contributed by atoms with Crippen LogP contribution in [0.15, 0.2) is 5.51 Å². The molecule has 1 saturated heterocycles. The van der Waals surface area contributed by atoms with Crippen molar-refractivity contribution in [2.45, 2.75) is 38.8 Å². The van der Waals surface area contributed by atoms with Crippen LogP contribution in [0.2, 0.25) is 0 Å². The summed E-state index contributed by atoms with van der Waals surface area (Å²) in [4.78, 5) is 29.7. The Morgan fingerprint density at radius 1 is 1.58 bits per heavy atom. The number of piperidine rings is 1. The van der Waals surface area contributed by atoms with Crippen LogP contribution in [0.4, 0.5) is 4.79 Å². The minimum Gasteiger partial charge on any atom is -0.480 e. The molecule has 104 valence electrons. The van der Waals surface area contributed by atoms with Gasteiger partial charge >= 0.3 is 12.0 Å². The molecular weight excluding hydrogens is 266 g/mol. The van der Waals surface area contributed by atoms with E-state index in [-0.39, 0.29) is 6.03 Å². The maximum Gasteiger partial charge on any atom is 0.326 e. The zero-order valence-electron chi connectivity index (χ0n) is 10.8. The van der Waals surface area contributed by atoms with Crippen LogP contribution >= 0.6 is 11.3 Å². The number of urea groups is 1. The fourth-order valence-electron chi connectivity index (χ4n) is 2.18. The summed E-state index contributed by atoms with van der Waals surface area (Å²) in [7, 11) is 0. The van der Waals surface area contributed by atoms with Crippen molar-refractivity contribution in [3.63, 3.8) is 0 Å². The lowest BCUT2D eigenvalue weighted by molar-refractivity contribution is -0.143. The van der Waals surface area contributed by atoms with E-state index in [9.17, 15) is 9.59 Å². The van der Waals surface area contributed by atoms with Crippen molar-refractivity contribution in [3.05, 3.63) is 16.1 Å². The third kappa shape index (κ3) is 3.23. The number of carboxylic acid groups (broad SMARTS) is 1. The molecule has 0 saturated carbocycles. The molecule has 0 aliphatic carbocycles. The maximum absolute atomic E-state index is 12.1. The molecule has 0 radical (unpaired) electrons. The third-order valence-electron chi connectivity index (χ3n) is 3.29. The van der Waals surface area contributed by atoms with E-state index in [0.717, 1.165) is 23.4 Å². The average molecular weight is 283 g/mol. The lowest BCUT2D eigenvalue weighted by Crippen LogP contribution is -2.51. The average Bonchev–Trinajstić information content (AvgIpc) is 2.81. The first kappa shape index (κ1) is 13.8. The van der Waals surface area contributed by atoms with Crippen LogP contribution in [-0.4, -0.2) is 39.6 Å². The van der Waals surface area contributed by atoms with Gasteiger partial charge in [0, 0.05) is 11.4 Å². The molecule has 19 heavy (non-hydrogen) atoms. The Labute approximate surface area is 115 Å². The summed E-state index contributed by atoms with van der Waals surface area (Å²) in [5.41, 5.74) is 2.64. The van der Waals surface area contributed by atoms with Gasteiger partial charge in [-0.1, -0.05) is 0 Å². The molecule has 1 aromatic rings. The quantitative estimate of drug-likeness (QED) is 0.882. The molecule has 7 heteroatoms. The summed E-state index contributed by atoms with van der Waals surface area (Å²) in [5, 5.41) is 11.9. The Balaban J connectivity index is 1.94. The van der Waals surface area contributed by atoms with Gasteiger partial charge in [0.1, 0.15) is 6.04 Å². The fraction of sp³-hybridized carbons (Fsp3) is 0.583. The normalized spacial score (nSPS) is 19.2. The monoisotopic (exact) mass is 283 g/mol. The zero-order valence-corrected chi connectivity index (χ0v) is 11.6. The number of carbonyl (C=O) groups excluding carboxylic acids is 1. The molecule has 1 fully saturated rings. The highest BCUT2D eigenvalue weighted by molar-refractivity contribution is 7.09. The highest BCUT2D eigenvalue weighted by atomic mass is 32.1. The molecule has 0 spiro atoms. The van der Waals surface area contributed by atoms with Crippen LogP contribution in [0, 0.1) is 6.92 Å². The molecule has 2 N–H and O–H groups in total. The molecule has 2 rings (SSSR count). The second-order valence-electron chi connectivity index (χ2n) is 4.56. The molecule has 0 aromatic carbocycles. The zero-order chi connectivity index (χ0) is 13.8. The highest BCUT2D eigenvalue weighted by Crippen LogP contribution is 2.18. The van der Waals surface area contributed by atoms with Gasteiger partial charge in [0.05, 0.1) is 17.7 Å². The largest absolute Gasteiger partial charge is 0.480 e. The summed E-state index contributed by atoms with van der Waals surface area (Å²) >= 11 is 1.48. The molecule has 1 atom stereocenters. The first-order valence-electron chi connectivity index (χ1n) is 6.26. The second-order valence-corrected chi connectivity index (χ2v) is 5.50. The van der Waals surface area contributed by atoms with E-state index < -0.39 is 12.0 Å². The number of aromatic nitrogens is 1. The molecule has 1 unspecified atom stereocenters. The van der Waals surface area contributed by atoms with Gasteiger partial charge in [-0.2, -0.15) is 0 Å². The summed E-state index contributed by atoms with van der Waals surface area (Å²) in [6.07, 6.45) is 2.24. The van der Waals surface area contributed by atoms with Crippen LogP contribution in [0.3, 0.4) is 0 Å². The van der Waals surface area contributed by atoms with Crippen molar-refractivity contribution >= 4 is 23.3 Å². The van der Waals surface area contributed by atoms with Crippen molar-refractivity contribution < 1.29 is 14.7 Å². The topological polar surface area (TPSA) is 82.5 Å². The molecule has 0 bridgehead atoms. The minimum atomic E-state index is -0.927. The van der Waals surface area contributed by atoms with Gasteiger partial charge in [-0.15, -0.1) is 11.3 Å². The lowest BCUT2D eigenvalue weighted by atomic mass is 10.0. The first-order chi connectivity index (χ1) is 9.09. The number of aliphatic carboxylic acids is 1. The van der Waals surface area contributed by atoms with Crippen molar-refractivity contribution in [2.75, 3.05) is 6.54 Å². The van der Waals surface area contributed by atoms with Crippen LogP contribution < -0.4 is 5.32 Å². The van der Waals surface area contributed by atoms with Crippen molar-refractivity contribution in [3.8, 4) is 0 Å². The predicted octanol–water partition coefficient (Wildman–Crippen LogP) is 1.60. The number of amides is 2. The van der Waals surface area contributed by atoms with Crippen LogP contribution in [0.1, 0.15) is 29.8 Å². The number of hydrogen-bond acceptors (Lipinski definition) is 4. The predicted molar refractivity (Wildman–Crippen MR) is 71.1 cm³/mol. The summed E-state index contributed by atoms with van der Waals surface area (Å²) < 4.78 is 0. The van der Waals surface area contributed by atoms with E-state index in [0.29, 0.717) is 19.5 Å². The lowest BCUT2D eigenvalue weighted by Gasteiger charge is -2.32. The standard InChI is InChI=1S/C12H17N3O3S/c1-8-10(19-7-14-8)6-13-12(18)15-5-3-2-4-9(15)11(16)17/h7,9H,2-6H2,1H3,(H,13,18)(H,16,17). The smallest absolute Gasteiger partial charge is 0.326 e. The molecule has 1 aliphatic heterocycles. The van der Waals surface area contributed by atoms with E-state index in [2.05, 4.69) is 10.3 Å². The number of nitrogens with one attached hydrogen (secondary N) is 1. The Morgan fingerprint density at radius 3 is 3.00 bits per heavy atom. The van der Waals surface area contributed by atoms with Crippen molar-refractivity contribution in [1.29, 1.82) is 0 Å². The Kier molecular flexibility index (Phi) is 4.36. The Bertz CT molecular complexity index is 475. The Hall–Kier alpha value is -1.63.